The van der Waals surface area contributed by atoms with Crippen LogP contribution in [0.15, 0.2) is 72.8 Å². The Morgan fingerprint density at radius 3 is 2.63 bits per heavy atom. The topological polar surface area (TPSA) is 56.2 Å². The normalized spacial score (nSPS) is 10.9. The van der Waals surface area contributed by atoms with Crippen molar-refractivity contribution in [2.45, 2.75) is 26.9 Å². The lowest BCUT2D eigenvalue weighted by atomic mass is 10.1. The zero-order valence-corrected chi connectivity index (χ0v) is 17.3. The Kier molecular flexibility index (Phi) is 5.80. The number of aryl methyl sites for hydroxylation is 2. The van der Waals surface area contributed by atoms with Crippen LogP contribution in [0.25, 0.3) is 11.0 Å². The number of nitrogens with one attached hydrogen (secondary N) is 1. The number of amides is 1. The van der Waals surface area contributed by atoms with Gasteiger partial charge < -0.3 is 14.6 Å². The fourth-order valence-electron chi connectivity index (χ4n) is 3.52. The van der Waals surface area contributed by atoms with Crippen molar-refractivity contribution >= 4 is 16.9 Å². The molecule has 0 radical (unpaired) electrons. The van der Waals surface area contributed by atoms with Gasteiger partial charge in [0.25, 0.3) is 5.91 Å². The van der Waals surface area contributed by atoms with Crippen molar-refractivity contribution in [1.82, 2.24) is 14.9 Å². The van der Waals surface area contributed by atoms with E-state index in [0.29, 0.717) is 25.3 Å². The standard InChI is InChI=1S/C25H25N3O2/c1-18-8-7-10-20(16-18)25(29)26-17-24-27-21-11-4-5-12-22(21)28(24)14-15-30-23-13-6-3-9-19(23)2/h3-13,16H,14-15,17H2,1-2H3,(H,26,29). The molecule has 1 amide bonds. The SMILES string of the molecule is Cc1cccc(C(=O)NCc2nc3ccccc3n2CCOc2ccccc2C)c1. The summed E-state index contributed by atoms with van der Waals surface area (Å²) in [6.07, 6.45) is 0. The van der Waals surface area contributed by atoms with Crippen LogP contribution >= 0.6 is 0 Å². The molecule has 3 aromatic carbocycles. The first-order valence-corrected chi connectivity index (χ1v) is 10.1. The van der Waals surface area contributed by atoms with Crippen LogP contribution in [0.1, 0.15) is 27.3 Å². The van der Waals surface area contributed by atoms with Gasteiger partial charge in [-0.05, 0) is 49.7 Å². The molecule has 1 N–H and O–H groups in total. The van der Waals surface area contributed by atoms with Crippen LogP contribution in [0.3, 0.4) is 0 Å². The lowest BCUT2D eigenvalue weighted by Gasteiger charge is -2.13. The fourth-order valence-corrected chi connectivity index (χ4v) is 3.52. The van der Waals surface area contributed by atoms with E-state index in [4.69, 9.17) is 9.72 Å². The summed E-state index contributed by atoms with van der Waals surface area (Å²) in [5.74, 6) is 1.59. The molecule has 0 aliphatic heterocycles. The summed E-state index contributed by atoms with van der Waals surface area (Å²) in [4.78, 5) is 17.3. The maximum Gasteiger partial charge on any atom is 0.251 e. The monoisotopic (exact) mass is 399 g/mol. The number of hydrogen-bond acceptors (Lipinski definition) is 3. The first-order valence-electron chi connectivity index (χ1n) is 10.1. The fraction of sp³-hybridized carbons (Fsp3) is 0.200. The molecule has 1 heterocycles. The van der Waals surface area contributed by atoms with Crippen LogP contribution in [0, 0.1) is 13.8 Å². The Labute approximate surface area is 176 Å². The number of fused-ring (bicyclic) bond motifs is 1. The van der Waals surface area contributed by atoms with Crippen molar-refractivity contribution in [2.75, 3.05) is 6.61 Å². The van der Waals surface area contributed by atoms with E-state index in [1.807, 2.05) is 86.6 Å². The molecule has 0 saturated heterocycles. The molecule has 152 valence electrons. The molecule has 0 spiro atoms. The number of aromatic nitrogens is 2. The van der Waals surface area contributed by atoms with Crippen LogP contribution < -0.4 is 10.1 Å². The summed E-state index contributed by atoms with van der Waals surface area (Å²) >= 11 is 0. The number of imidazole rings is 1. The van der Waals surface area contributed by atoms with Crippen molar-refractivity contribution in [1.29, 1.82) is 0 Å². The van der Waals surface area contributed by atoms with Gasteiger partial charge >= 0.3 is 0 Å². The average molecular weight is 399 g/mol. The van der Waals surface area contributed by atoms with Crippen molar-refractivity contribution in [3.63, 3.8) is 0 Å². The molecular weight excluding hydrogens is 374 g/mol. The molecule has 0 atom stereocenters. The molecule has 5 nitrogen and oxygen atoms in total. The zero-order chi connectivity index (χ0) is 20.9. The Morgan fingerprint density at radius 2 is 1.80 bits per heavy atom. The number of carbonyl (C=O) groups excluding carboxylic acids is 1. The Balaban J connectivity index is 1.50. The highest BCUT2D eigenvalue weighted by Crippen LogP contribution is 2.19. The molecule has 4 rings (SSSR count). The van der Waals surface area contributed by atoms with Crippen LogP contribution in [0.2, 0.25) is 0 Å². The summed E-state index contributed by atoms with van der Waals surface area (Å²) in [5.41, 5.74) is 4.77. The molecule has 1 aromatic heterocycles. The maximum atomic E-state index is 12.6. The van der Waals surface area contributed by atoms with Crippen molar-refractivity contribution in [3.05, 3.63) is 95.3 Å². The number of para-hydroxylation sites is 3. The molecule has 5 heteroatoms. The zero-order valence-electron chi connectivity index (χ0n) is 17.3. The quantitative estimate of drug-likeness (QED) is 0.492. The number of ether oxygens (including phenoxy) is 1. The van der Waals surface area contributed by atoms with Crippen molar-refractivity contribution < 1.29 is 9.53 Å². The summed E-state index contributed by atoms with van der Waals surface area (Å²) in [7, 11) is 0. The minimum Gasteiger partial charge on any atom is -0.491 e. The predicted octanol–water partition coefficient (Wildman–Crippen LogP) is 4.66. The Morgan fingerprint density at radius 1 is 1.00 bits per heavy atom. The third-order valence-corrected chi connectivity index (χ3v) is 5.09. The smallest absolute Gasteiger partial charge is 0.251 e. The van der Waals surface area contributed by atoms with E-state index in [-0.39, 0.29) is 5.91 Å². The average Bonchev–Trinajstić information content (AvgIpc) is 3.11. The highest BCUT2D eigenvalue weighted by Gasteiger charge is 2.13. The van der Waals surface area contributed by atoms with Gasteiger partial charge in [0.2, 0.25) is 0 Å². The Bertz CT molecular complexity index is 1180. The minimum atomic E-state index is -0.103. The van der Waals surface area contributed by atoms with Gasteiger partial charge in [0.15, 0.2) is 0 Å². The van der Waals surface area contributed by atoms with E-state index < -0.39 is 0 Å². The van der Waals surface area contributed by atoms with Gasteiger partial charge in [-0.15, -0.1) is 0 Å². The van der Waals surface area contributed by atoms with Gasteiger partial charge in [0.1, 0.15) is 18.2 Å². The van der Waals surface area contributed by atoms with Crippen LogP contribution in [-0.4, -0.2) is 22.1 Å². The third kappa shape index (κ3) is 4.35. The first-order chi connectivity index (χ1) is 14.6. The van der Waals surface area contributed by atoms with Crippen LogP contribution in [0.5, 0.6) is 5.75 Å². The lowest BCUT2D eigenvalue weighted by Crippen LogP contribution is -2.25. The number of rotatable bonds is 7. The van der Waals surface area contributed by atoms with Gasteiger partial charge in [0, 0.05) is 5.56 Å². The van der Waals surface area contributed by atoms with Gasteiger partial charge in [-0.25, -0.2) is 4.98 Å². The van der Waals surface area contributed by atoms with Crippen molar-refractivity contribution in [2.24, 2.45) is 0 Å². The largest absolute Gasteiger partial charge is 0.491 e. The number of nitrogens with zero attached hydrogens (tertiary/aromatic N) is 2. The van der Waals surface area contributed by atoms with Gasteiger partial charge in [-0.1, -0.05) is 48.0 Å². The second kappa shape index (κ2) is 8.82. The molecule has 0 unspecified atom stereocenters. The minimum absolute atomic E-state index is 0.103. The predicted molar refractivity (Wildman–Crippen MR) is 119 cm³/mol. The van der Waals surface area contributed by atoms with E-state index in [0.717, 1.165) is 33.7 Å². The number of carbonyl (C=O) groups is 1. The van der Waals surface area contributed by atoms with Gasteiger partial charge in [-0.2, -0.15) is 0 Å². The summed E-state index contributed by atoms with van der Waals surface area (Å²) in [6, 6.07) is 23.6. The number of benzene rings is 3. The van der Waals surface area contributed by atoms with E-state index in [2.05, 4.69) is 9.88 Å². The molecule has 0 bridgehead atoms. The van der Waals surface area contributed by atoms with E-state index in [9.17, 15) is 4.79 Å². The van der Waals surface area contributed by atoms with E-state index in [1.54, 1.807) is 0 Å². The number of hydrogen-bond donors (Lipinski definition) is 1. The summed E-state index contributed by atoms with van der Waals surface area (Å²) in [6.45, 7) is 5.53. The van der Waals surface area contributed by atoms with Gasteiger partial charge in [-0.3, -0.25) is 4.79 Å². The highest BCUT2D eigenvalue weighted by molar-refractivity contribution is 5.94. The molecule has 0 fully saturated rings. The molecule has 0 aliphatic carbocycles. The second-order valence-corrected chi connectivity index (χ2v) is 7.33. The summed E-state index contributed by atoms with van der Waals surface area (Å²) < 4.78 is 8.10. The first kappa shape index (κ1) is 19.7. The summed E-state index contributed by atoms with van der Waals surface area (Å²) in [5, 5.41) is 3.00. The third-order valence-electron chi connectivity index (χ3n) is 5.09. The molecule has 0 saturated carbocycles. The van der Waals surface area contributed by atoms with E-state index in [1.165, 1.54) is 0 Å². The van der Waals surface area contributed by atoms with Crippen LogP contribution in [0.4, 0.5) is 0 Å². The molecule has 4 aromatic rings. The highest BCUT2D eigenvalue weighted by atomic mass is 16.5. The van der Waals surface area contributed by atoms with Crippen LogP contribution in [-0.2, 0) is 13.1 Å². The van der Waals surface area contributed by atoms with E-state index >= 15 is 0 Å². The lowest BCUT2D eigenvalue weighted by molar-refractivity contribution is 0.0949. The van der Waals surface area contributed by atoms with Crippen molar-refractivity contribution in [3.8, 4) is 5.75 Å². The molecule has 30 heavy (non-hydrogen) atoms. The Hall–Kier alpha value is -3.60. The maximum absolute atomic E-state index is 12.6. The second-order valence-electron chi connectivity index (χ2n) is 7.33. The molecule has 0 aliphatic rings. The molecular formula is C25H25N3O2. The van der Waals surface area contributed by atoms with Gasteiger partial charge in [0.05, 0.1) is 24.1 Å².